The molecule has 4 rings (SSSR count). The van der Waals surface area contributed by atoms with Gasteiger partial charge in [-0.1, -0.05) is 55.3 Å². The Morgan fingerprint density at radius 1 is 0.800 bits per heavy atom. The minimum absolute atomic E-state index is 0.138. The SMILES string of the molecule is O=C(Nc1ccccc1Oc1ccccc1)c1ccc(CN2CCCCCC2)cc1. The molecular weight excluding hydrogens is 372 g/mol. The number of anilines is 1. The molecule has 0 saturated carbocycles. The molecule has 1 N–H and O–H groups in total. The van der Waals surface area contributed by atoms with Gasteiger partial charge in [-0.05, 0) is 67.9 Å². The molecule has 30 heavy (non-hydrogen) atoms. The maximum Gasteiger partial charge on any atom is 0.255 e. The van der Waals surface area contributed by atoms with E-state index in [-0.39, 0.29) is 5.91 Å². The molecule has 0 aliphatic carbocycles. The molecular formula is C26H28N2O2. The van der Waals surface area contributed by atoms with Crippen molar-refractivity contribution < 1.29 is 9.53 Å². The topological polar surface area (TPSA) is 41.6 Å². The van der Waals surface area contributed by atoms with Crippen LogP contribution in [0.25, 0.3) is 0 Å². The van der Waals surface area contributed by atoms with Crippen LogP contribution < -0.4 is 10.1 Å². The van der Waals surface area contributed by atoms with Crippen LogP contribution in [0.15, 0.2) is 78.9 Å². The second-order valence-corrected chi connectivity index (χ2v) is 7.75. The molecule has 1 aliphatic rings. The van der Waals surface area contributed by atoms with E-state index in [1.54, 1.807) is 0 Å². The molecule has 0 unspecified atom stereocenters. The van der Waals surface area contributed by atoms with E-state index in [0.717, 1.165) is 12.3 Å². The Bertz CT molecular complexity index is 946. The molecule has 0 aromatic heterocycles. The number of hydrogen-bond donors (Lipinski definition) is 1. The zero-order chi connectivity index (χ0) is 20.6. The summed E-state index contributed by atoms with van der Waals surface area (Å²) < 4.78 is 5.94. The first kappa shape index (κ1) is 20.2. The molecule has 154 valence electrons. The summed E-state index contributed by atoms with van der Waals surface area (Å²) in [5.41, 5.74) is 2.55. The van der Waals surface area contributed by atoms with Gasteiger partial charge < -0.3 is 10.1 Å². The van der Waals surface area contributed by atoms with Gasteiger partial charge in [0.1, 0.15) is 5.75 Å². The highest BCUT2D eigenvalue weighted by Crippen LogP contribution is 2.29. The van der Waals surface area contributed by atoms with E-state index in [2.05, 4.69) is 22.3 Å². The third-order valence-electron chi connectivity index (χ3n) is 5.43. The summed E-state index contributed by atoms with van der Waals surface area (Å²) in [4.78, 5) is 15.3. The highest BCUT2D eigenvalue weighted by molar-refractivity contribution is 6.05. The van der Waals surface area contributed by atoms with Crippen molar-refractivity contribution in [1.29, 1.82) is 0 Å². The molecule has 0 atom stereocenters. The van der Waals surface area contributed by atoms with E-state index in [9.17, 15) is 4.79 Å². The quantitative estimate of drug-likeness (QED) is 0.543. The summed E-state index contributed by atoms with van der Waals surface area (Å²) in [5, 5.41) is 2.98. The number of likely N-dealkylation sites (tertiary alicyclic amines) is 1. The number of benzene rings is 3. The van der Waals surface area contributed by atoms with Crippen LogP contribution in [0.4, 0.5) is 5.69 Å². The first-order valence-electron chi connectivity index (χ1n) is 10.7. The van der Waals surface area contributed by atoms with E-state index in [0.29, 0.717) is 17.0 Å². The van der Waals surface area contributed by atoms with Crippen LogP contribution in [0.3, 0.4) is 0 Å². The van der Waals surface area contributed by atoms with Crippen molar-refractivity contribution in [3.63, 3.8) is 0 Å². The molecule has 1 heterocycles. The summed E-state index contributed by atoms with van der Waals surface area (Å²) in [5.74, 6) is 1.22. The summed E-state index contributed by atoms with van der Waals surface area (Å²) in [6, 6.07) is 25.0. The Hall–Kier alpha value is -3.11. The highest BCUT2D eigenvalue weighted by Gasteiger charge is 2.12. The lowest BCUT2D eigenvalue weighted by molar-refractivity contribution is 0.102. The first-order valence-corrected chi connectivity index (χ1v) is 10.7. The fraction of sp³-hybridized carbons (Fsp3) is 0.269. The predicted molar refractivity (Wildman–Crippen MR) is 121 cm³/mol. The first-order chi connectivity index (χ1) is 14.8. The number of nitrogens with zero attached hydrogens (tertiary/aromatic N) is 1. The zero-order valence-corrected chi connectivity index (χ0v) is 17.2. The van der Waals surface area contributed by atoms with Crippen molar-refractivity contribution in [2.24, 2.45) is 0 Å². The molecule has 4 heteroatoms. The van der Waals surface area contributed by atoms with E-state index < -0.39 is 0 Å². The highest BCUT2D eigenvalue weighted by atomic mass is 16.5. The summed E-state index contributed by atoms with van der Waals surface area (Å²) in [7, 11) is 0. The van der Waals surface area contributed by atoms with Gasteiger partial charge in [-0.2, -0.15) is 0 Å². The molecule has 0 bridgehead atoms. The fourth-order valence-electron chi connectivity index (χ4n) is 3.78. The Labute approximate surface area is 178 Å². The number of nitrogens with one attached hydrogen (secondary N) is 1. The number of hydrogen-bond acceptors (Lipinski definition) is 3. The Balaban J connectivity index is 1.40. The monoisotopic (exact) mass is 400 g/mol. The normalized spacial score (nSPS) is 14.7. The van der Waals surface area contributed by atoms with Crippen molar-refractivity contribution >= 4 is 11.6 Å². The minimum Gasteiger partial charge on any atom is -0.455 e. The number of ether oxygens (including phenoxy) is 1. The van der Waals surface area contributed by atoms with E-state index in [1.165, 1.54) is 44.3 Å². The number of amides is 1. The van der Waals surface area contributed by atoms with Gasteiger partial charge in [0, 0.05) is 12.1 Å². The lowest BCUT2D eigenvalue weighted by Gasteiger charge is -2.19. The second kappa shape index (κ2) is 10.1. The molecule has 4 nitrogen and oxygen atoms in total. The van der Waals surface area contributed by atoms with E-state index in [1.807, 2.05) is 66.7 Å². The number of carbonyl (C=O) groups excluding carboxylic acids is 1. The number of para-hydroxylation sites is 3. The van der Waals surface area contributed by atoms with Crippen LogP contribution in [-0.2, 0) is 6.54 Å². The second-order valence-electron chi connectivity index (χ2n) is 7.75. The molecule has 0 spiro atoms. The molecule has 0 radical (unpaired) electrons. The molecule has 3 aromatic carbocycles. The Kier molecular flexibility index (Phi) is 6.78. The van der Waals surface area contributed by atoms with Crippen molar-refractivity contribution in [3.05, 3.63) is 90.0 Å². The fourth-order valence-corrected chi connectivity index (χ4v) is 3.78. The van der Waals surface area contributed by atoms with Crippen molar-refractivity contribution in [1.82, 2.24) is 4.90 Å². The average Bonchev–Trinajstić information content (AvgIpc) is 3.05. The minimum atomic E-state index is -0.138. The standard InChI is InChI=1S/C26H28N2O2/c29-26(22-16-14-21(15-17-22)20-28-18-8-1-2-9-19-28)27-24-12-6-7-13-25(24)30-23-10-4-3-5-11-23/h3-7,10-17H,1-2,8-9,18-20H2,(H,27,29). The zero-order valence-electron chi connectivity index (χ0n) is 17.2. The molecule has 1 aliphatic heterocycles. The molecule has 1 fully saturated rings. The van der Waals surface area contributed by atoms with Gasteiger partial charge in [0.15, 0.2) is 5.75 Å². The van der Waals surface area contributed by atoms with Crippen molar-refractivity contribution in [2.45, 2.75) is 32.2 Å². The van der Waals surface area contributed by atoms with Crippen LogP contribution in [-0.4, -0.2) is 23.9 Å². The van der Waals surface area contributed by atoms with Crippen LogP contribution in [0, 0.1) is 0 Å². The molecule has 1 saturated heterocycles. The lowest BCUT2D eigenvalue weighted by Crippen LogP contribution is -2.24. The van der Waals surface area contributed by atoms with Gasteiger partial charge in [0.25, 0.3) is 5.91 Å². The van der Waals surface area contributed by atoms with Crippen molar-refractivity contribution in [3.8, 4) is 11.5 Å². The van der Waals surface area contributed by atoms with Crippen LogP contribution in [0.1, 0.15) is 41.6 Å². The summed E-state index contributed by atoms with van der Waals surface area (Å²) in [6.07, 6.45) is 5.24. The Morgan fingerprint density at radius 2 is 1.47 bits per heavy atom. The van der Waals surface area contributed by atoms with Crippen LogP contribution in [0.2, 0.25) is 0 Å². The average molecular weight is 401 g/mol. The van der Waals surface area contributed by atoms with Gasteiger partial charge in [0.2, 0.25) is 0 Å². The molecule has 1 amide bonds. The smallest absolute Gasteiger partial charge is 0.255 e. The van der Waals surface area contributed by atoms with Gasteiger partial charge in [-0.15, -0.1) is 0 Å². The van der Waals surface area contributed by atoms with Crippen LogP contribution in [0.5, 0.6) is 11.5 Å². The lowest BCUT2D eigenvalue weighted by atomic mass is 10.1. The Morgan fingerprint density at radius 3 is 2.20 bits per heavy atom. The van der Waals surface area contributed by atoms with Crippen LogP contribution >= 0.6 is 0 Å². The third kappa shape index (κ3) is 5.49. The molecule has 3 aromatic rings. The summed E-state index contributed by atoms with van der Waals surface area (Å²) in [6.45, 7) is 3.29. The van der Waals surface area contributed by atoms with Crippen molar-refractivity contribution in [2.75, 3.05) is 18.4 Å². The van der Waals surface area contributed by atoms with E-state index >= 15 is 0 Å². The largest absolute Gasteiger partial charge is 0.455 e. The third-order valence-corrected chi connectivity index (χ3v) is 5.43. The van der Waals surface area contributed by atoms with Gasteiger partial charge in [-0.3, -0.25) is 9.69 Å². The maximum atomic E-state index is 12.8. The van der Waals surface area contributed by atoms with Gasteiger partial charge in [0.05, 0.1) is 5.69 Å². The summed E-state index contributed by atoms with van der Waals surface area (Å²) >= 11 is 0. The number of rotatable bonds is 6. The van der Waals surface area contributed by atoms with Gasteiger partial charge >= 0.3 is 0 Å². The predicted octanol–water partition coefficient (Wildman–Crippen LogP) is 6.11. The number of carbonyl (C=O) groups is 1. The van der Waals surface area contributed by atoms with E-state index in [4.69, 9.17) is 4.74 Å². The van der Waals surface area contributed by atoms with Gasteiger partial charge in [-0.25, -0.2) is 0 Å². The maximum absolute atomic E-state index is 12.8.